The van der Waals surface area contributed by atoms with Gasteiger partial charge in [-0.15, -0.1) is 12.3 Å². The Labute approximate surface area is 107 Å². The summed E-state index contributed by atoms with van der Waals surface area (Å²) in [6.45, 7) is 0.429. The van der Waals surface area contributed by atoms with E-state index in [1.165, 1.54) is 4.90 Å². The number of carbonyl (C=O) groups excluding carboxylic acids is 1. The maximum Gasteiger partial charge on any atom is 0.229 e. The molecule has 1 atom stereocenters. The van der Waals surface area contributed by atoms with Crippen LogP contribution in [0.2, 0.25) is 0 Å². The Balaban J connectivity index is 2.39. The highest BCUT2D eigenvalue weighted by molar-refractivity contribution is 9.10. The number of rotatable bonds is 1. The summed E-state index contributed by atoms with van der Waals surface area (Å²) in [4.78, 5) is 17.4. The van der Waals surface area contributed by atoms with Gasteiger partial charge in [-0.1, -0.05) is 0 Å². The number of nitriles is 1. The van der Waals surface area contributed by atoms with Gasteiger partial charge in [-0.25, -0.2) is 4.98 Å². The van der Waals surface area contributed by atoms with E-state index < -0.39 is 0 Å². The summed E-state index contributed by atoms with van der Waals surface area (Å²) in [5.41, 5.74) is 0.366. The van der Waals surface area contributed by atoms with Crippen molar-refractivity contribution in [2.75, 3.05) is 11.4 Å². The van der Waals surface area contributed by atoms with Gasteiger partial charge in [0.25, 0.3) is 0 Å². The van der Waals surface area contributed by atoms with Crippen LogP contribution in [-0.2, 0) is 4.79 Å². The van der Waals surface area contributed by atoms with E-state index in [9.17, 15) is 4.79 Å². The van der Waals surface area contributed by atoms with Crippen molar-refractivity contribution in [3.8, 4) is 18.4 Å². The van der Waals surface area contributed by atoms with Gasteiger partial charge in [-0.2, -0.15) is 5.26 Å². The van der Waals surface area contributed by atoms with Crippen molar-refractivity contribution < 1.29 is 4.79 Å². The van der Waals surface area contributed by atoms with E-state index in [1.54, 1.807) is 12.3 Å². The van der Waals surface area contributed by atoms with Crippen LogP contribution in [0.3, 0.4) is 0 Å². The molecule has 0 saturated carbocycles. The molecule has 1 aliphatic rings. The number of amides is 1. The molecule has 1 aliphatic heterocycles. The quantitative estimate of drug-likeness (QED) is 0.740. The Morgan fingerprint density at radius 2 is 2.41 bits per heavy atom. The predicted molar refractivity (Wildman–Crippen MR) is 65.9 cm³/mol. The summed E-state index contributed by atoms with van der Waals surface area (Å²) in [7, 11) is 0. The molecule has 0 aromatic carbocycles. The lowest BCUT2D eigenvalue weighted by Gasteiger charge is -2.15. The molecule has 0 spiro atoms. The Morgan fingerprint density at radius 1 is 1.65 bits per heavy atom. The van der Waals surface area contributed by atoms with Gasteiger partial charge in [0, 0.05) is 29.6 Å². The zero-order chi connectivity index (χ0) is 12.4. The number of hydrogen-bond donors (Lipinski definition) is 0. The summed E-state index contributed by atoms with van der Waals surface area (Å²) in [6.07, 6.45) is 7.19. The van der Waals surface area contributed by atoms with Crippen molar-refractivity contribution in [1.29, 1.82) is 5.26 Å². The first kappa shape index (κ1) is 11.6. The number of terminal acetylenes is 1. The van der Waals surface area contributed by atoms with E-state index in [2.05, 4.69) is 26.8 Å². The second-order valence-electron chi connectivity index (χ2n) is 3.71. The molecule has 0 aliphatic carbocycles. The zero-order valence-corrected chi connectivity index (χ0v) is 10.4. The molecule has 1 aromatic rings. The first-order chi connectivity index (χ1) is 8.15. The molecule has 2 heterocycles. The second-order valence-corrected chi connectivity index (χ2v) is 4.62. The van der Waals surface area contributed by atoms with E-state index in [1.807, 2.05) is 6.07 Å². The van der Waals surface area contributed by atoms with Gasteiger partial charge in [0.2, 0.25) is 5.91 Å². The predicted octanol–water partition coefficient (Wildman–Crippen LogP) is 1.70. The van der Waals surface area contributed by atoms with Crippen LogP contribution < -0.4 is 4.90 Å². The smallest absolute Gasteiger partial charge is 0.229 e. The standard InChI is InChI=1S/C12H8BrN3O/c1-2-8-3-11(17)16(7-8)12-9(5-14)4-10(13)6-15-12/h1,4,6,8H,3,7H2. The van der Waals surface area contributed by atoms with Gasteiger partial charge in [0.1, 0.15) is 6.07 Å². The molecule has 0 radical (unpaired) electrons. The van der Waals surface area contributed by atoms with Crippen molar-refractivity contribution in [3.63, 3.8) is 0 Å². The fourth-order valence-corrected chi connectivity index (χ4v) is 2.08. The molecule has 1 fully saturated rings. The maximum absolute atomic E-state index is 11.8. The van der Waals surface area contributed by atoms with Crippen molar-refractivity contribution in [2.45, 2.75) is 6.42 Å². The molecule has 0 N–H and O–H groups in total. The Hall–Kier alpha value is -1.85. The minimum atomic E-state index is -0.0977. The molecule has 4 nitrogen and oxygen atoms in total. The zero-order valence-electron chi connectivity index (χ0n) is 8.85. The van der Waals surface area contributed by atoms with E-state index in [0.717, 1.165) is 0 Å². The minimum absolute atomic E-state index is 0.0840. The summed E-state index contributed by atoms with van der Waals surface area (Å²) in [5.74, 6) is 2.77. The number of aromatic nitrogens is 1. The first-order valence-corrected chi connectivity index (χ1v) is 5.77. The average Bonchev–Trinajstić information content (AvgIpc) is 2.70. The van der Waals surface area contributed by atoms with Crippen LogP contribution in [0.15, 0.2) is 16.7 Å². The van der Waals surface area contributed by atoms with Crippen molar-refractivity contribution in [2.24, 2.45) is 5.92 Å². The molecular formula is C12H8BrN3O. The fraction of sp³-hybridized carbons (Fsp3) is 0.250. The second kappa shape index (κ2) is 4.57. The summed E-state index contributed by atoms with van der Waals surface area (Å²) in [6, 6.07) is 3.67. The third-order valence-electron chi connectivity index (χ3n) is 2.57. The molecule has 17 heavy (non-hydrogen) atoms. The lowest BCUT2D eigenvalue weighted by Crippen LogP contribution is -2.26. The molecule has 2 rings (SSSR count). The van der Waals surface area contributed by atoms with Crippen molar-refractivity contribution >= 4 is 27.7 Å². The van der Waals surface area contributed by atoms with Gasteiger partial charge in [-0.05, 0) is 22.0 Å². The maximum atomic E-state index is 11.8. The lowest BCUT2D eigenvalue weighted by molar-refractivity contribution is -0.117. The summed E-state index contributed by atoms with van der Waals surface area (Å²) in [5, 5.41) is 9.02. The highest BCUT2D eigenvalue weighted by Crippen LogP contribution is 2.27. The lowest BCUT2D eigenvalue weighted by atomic mass is 10.1. The summed E-state index contributed by atoms with van der Waals surface area (Å²) < 4.78 is 0.706. The van der Waals surface area contributed by atoms with Crippen LogP contribution in [0, 0.1) is 29.6 Å². The van der Waals surface area contributed by atoms with Crippen LogP contribution in [0.4, 0.5) is 5.82 Å². The van der Waals surface area contributed by atoms with Gasteiger partial charge in [0.05, 0.1) is 5.56 Å². The number of nitrogens with zero attached hydrogens (tertiary/aromatic N) is 3. The minimum Gasteiger partial charge on any atom is -0.294 e. The van der Waals surface area contributed by atoms with Crippen molar-refractivity contribution in [3.05, 3.63) is 22.3 Å². The molecular weight excluding hydrogens is 282 g/mol. The number of halogens is 1. The number of pyridine rings is 1. The third kappa shape index (κ3) is 2.15. The van der Waals surface area contributed by atoms with E-state index >= 15 is 0 Å². The topological polar surface area (TPSA) is 57.0 Å². The van der Waals surface area contributed by atoms with Gasteiger partial charge >= 0.3 is 0 Å². The monoisotopic (exact) mass is 289 g/mol. The fourth-order valence-electron chi connectivity index (χ4n) is 1.75. The molecule has 84 valence electrons. The highest BCUT2D eigenvalue weighted by atomic mass is 79.9. The Bertz CT molecular complexity index is 556. The molecule has 1 amide bonds. The van der Waals surface area contributed by atoms with Crippen LogP contribution >= 0.6 is 15.9 Å². The molecule has 1 unspecified atom stereocenters. The molecule has 1 aromatic heterocycles. The number of anilines is 1. The SMILES string of the molecule is C#CC1CC(=O)N(c2ncc(Br)cc2C#N)C1. The summed E-state index contributed by atoms with van der Waals surface area (Å²) >= 11 is 3.24. The van der Waals surface area contributed by atoms with Crippen LogP contribution in [0.5, 0.6) is 0 Å². The van der Waals surface area contributed by atoms with E-state index in [0.29, 0.717) is 28.8 Å². The largest absolute Gasteiger partial charge is 0.294 e. The van der Waals surface area contributed by atoms with Gasteiger partial charge in [0.15, 0.2) is 5.82 Å². The van der Waals surface area contributed by atoms with Crippen molar-refractivity contribution in [1.82, 2.24) is 4.98 Å². The van der Waals surface area contributed by atoms with Crippen LogP contribution in [0.25, 0.3) is 0 Å². The van der Waals surface area contributed by atoms with Gasteiger partial charge < -0.3 is 0 Å². The normalized spacial score (nSPS) is 18.9. The van der Waals surface area contributed by atoms with Gasteiger partial charge in [-0.3, -0.25) is 9.69 Å². The Kier molecular flexibility index (Phi) is 3.12. The van der Waals surface area contributed by atoms with Crippen LogP contribution in [-0.4, -0.2) is 17.4 Å². The molecule has 1 saturated heterocycles. The average molecular weight is 290 g/mol. The number of hydrogen-bond acceptors (Lipinski definition) is 3. The molecule has 0 bridgehead atoms. The molecule has 5 heteroatoms. The highest BCUT2D eigenvalue weighted by Gasteiger charge is 2.31. The Morgan fingerprint density at radius 3 is 3.00 bits per heavy atom. The van der Waals surface area contributed by atoms with Crippen LogP contribution in [0.1, 0.15) is 12.0 Å². The van der Waals surface area contributed by atoms with E-state index in [-0.39, 0.29) is 11.8 Å². The third-order valence-corrected chi connectivity index (χ3v) is 3.00. The first-order valence-electron chi connectivity index (χ1n) is 4.98. The number of carbonyl (C=O) groups is 1. The van der Waals surface area contributed by atoms with E-state index in [4.69, 9.17) is 11.7 Å².